The summed E-state index contributed by atoms with van der Waals surface area (Å²) in [7, 11) is 0. The molecule has 0 aliphatic heterocycles. The van der Waals surface area contributed by atoms with Crippen molar-refractivity contribution >= 4 is 28.6 Å². The Morgan fingerprint density at radius 1 is 1.47 bits per heavy atom. The number of nitrogens with one attached hydrogen (secondary N) is 1. The van der Waals surface area contributed by atoms with E-state index in [2.05, 4.69) is 14.5 Å². The van der Waals surface area contributed by atoms with Crippen LogP contribution in [0, 0.1) is 3.57 Å². The highest BCUT2D eigenvalue weighted by Crippen LogP contribution is 2.26. The highest BCUT2D eigenvalue weighted by atomic mass is 127. The number of halogens is 4. The van der Waals surface area contributed by atoms with Gasteiger partial charge in [0.25, 0.3) is 5.56 Å². The molecule has 9 heteroatoms. The van der Waals surface area contributed by atoms with Crippen LogP contribution in [0.1, 0.15) is 12.6 Å². The first-order valence-corrected chi connectivity index (χ1v) is 6.14. The van der Waals surface area contributed by atoms with E-state index in [1.807, 2.05) is 0 Å². The van der Waals surface area contributed by atoms with E-state index in [1.165, 1.54) is 0 Å². The zero-order valence-electron chi connectivity index (χ0n) is 9.64. The molecule has 0 amide bonds. The Hall–Kier alpha value is -1.26. The number of esters is 1. The number of carbonyl (C=O) groups is 1. The molecule has 0 saturated heterocycles. The van der Waals surface area contributed by atoms with Crippen molar-refractivity contribution in [3.8, 4) is 5.75 Å². The quantitative estimate of drug-likeness (QED) is 0.630. The van der Waals surface area contributed by atoms with Gasteiger partial charge < -0.3 is 14.5 Å². The number of aromatic amines is 1. The predicted molar refractivity (Wildman–Crippen MR) is 66.8 cm³/mol. The molecule has 5 nitrogen and oxygen atoms in total. The molecular formula is C10H9F3INO4. The lowest BCUT2D eigenvalue weighted by Gasteiger charge is -2.13. The lowest BCUT2D eigenvalue weighted by molar-refractivity contribution is -0.275. The van der Waals surface area contributed by atoms with Crippen molar-refractivity contribution in [2.45, 2.75) is 19.7 Å². The Morgan fingerprint density at radius 3 is 2.63 bits per heavy atom. The van der Waals surface area contributed by atoms with E-state index in [4.69, 9.17) is 0 Å². The Morgan fingerprint density at radius 2 is 2.11 bits per heavy atom. The third-order valence-electron chi connectivity index (χ3n) is 1.89. The Balaban J connectivity index is 3.09. The van der Waals surface area contributed by atoms with Gasteiger partial charge in [0.15, 0.2) is 5.75 Å². The summed E-state index contributed by atoms with van der Waals surface area (Å²) in [5.41, 5.74) is -0.879. The van der Waals surface area contributed by atoms with Gasteiger partial charge in [0, 0.05) is 6.07 Å². The van der Waals surface area contributed by atoms with Crippen molar-refractivity contribution in [2.24, 2.45) is 0 Å². The summed E-state index contributed by atoms with van der Waals surface area (Å²) in [6.07, 6.45) is -5.42. The average Bonchev–Trinajstić information content (AvgIpc) is 2.23. The van der Waals surface area contributed by atoms with E-state index < -0.39 is 30.1 Å². The molecule has 0 saturated carbocycles. The molecule has 0 bridgehead atoms. The highest BCUT2D eigenvalue weighted by Gasteiger charge is 2.33. The summed E-state index contributed by atoms with van der Waals surface area (Å²) < 4.78 is 45.0. The molecule has 0 fully saturated rings. The fraction of sp³-hybridized carbons (Fsp3) is 0.400. The first-order chi connectivity index (χ1) is 8.73. The Labute approximate surface area is 119 Å². The molecule has 0 spiro atoms. The molecule has 1 N–H and O–H groups in total. The van der Waals surface area contributed by atoms with Crippen molar-refractivity contribution in [1.82, 2.24) is 4.98 Å². The molecule has 106 valence electrons. The number of carbonyl (C=O) groups excluding carboxylic acids is 1. The first kappa shape index (κ1) is 15.8. The van der Waals surface area contributed by atoms with Gasteiger partial charge in [-0.1, -0.05) is 0 Å². The molecule has 0 aliphatic carbocycles. The van der Waals surface area contributed by atoms with Gasteiger partial charge >= 0.3 is 12.3 Å². The Kier molecular flexibility index (Phi) is 5.20. The molecule has 0 radical (unpaired) electrons. The minimum absolute atomic E-state index is 0.0180. The minimum atomic E-state index is -4.91. The number of ether oxygens (including phenoxy) is 2. The molecular weight excluding hydrogens is 382 g/mol. The highest BCUT2D eigenvalue weighted by molar-refractivity contribution is 14.1. The van der Waals surface area contributed by atoms with E-state index in [1.54, 1.807) is 29.5 Å². The topological polar surface area (TPSA) is 68.4 Å². The van der Waals surface area contributed by atoms with Gasteiger partial charge in [-0.05, 0) is 29.5 Å². The lowest BCUT2D eigenvalue weighted by Crippen LogP contribution is -2.23. The van der Waals surface area contributed by atoms with Crippen molar-refractivity contribution in [2.75, 3.05) is 6.61 Å². The molecule has 0 atom stereocenters. The fourth-order valence-corrected chi connectivity index (χ4v) is 1.65. The van der Waals surface area contributed by atoms with Crippen LogP contribution < -0.4 is 10.3 Å². The lowest BCUT2D eigenvalue weighted by atomic mass is 10.2. The maximum Gasteiger partial charge on any atom is 0.573 e. The monoisotopic (exact) mass is 391 g/mol. The van der Waals surface area contributed by atoms with Gasteiger partial charge in [-0.15, -0.1) is 13.2 Å². The molecule has 1 aromatic heterocycles. The summed E-state index contributed by atoms with van der Waals surface area (Å²) in [4.78, 5) is 24.8. The number of alkyl halides is 3. The van der Waals surface area contributed by atoms with Gasteiger partial charge in [0.1, 0.15) is 0 Å². The van der Waals surface area contributed by atoms with Crippen LogP contribution in [0.5, 0.6) is 5.75 Å². The normalized spacial score (nSPS) is 11.2. The van der Waals surface area contributed by atoms with Gasteiger partial charge in [-0.25, -0.2) is 0 Å². The molecule has 1 aromatic rings. The fourth-order valence-electron chi connectivity index (χ4n) is 1.23. The summed E-state index contributed by atoms with van der Waals surface area (Å²) in [5, 5.41) is 0. The second-order valence-electron chi connectivity index (χ2n) is 3.32. The zero-order chi connectivity index (χ0) is 14.6. The minimum Gasteiger partial charge on any atom is -0.466 e. The predicted octanol–water partition coefficient (Wildman–Crippen LogP) is 1.98. The van der Waals surface area contributed by atoms with Gasteiger partial charge in [0.2, 0.25) is 0 Å². The average molecular weight is 391 g/mol. The molecule has 0 aromatic carbocycles. The molecule has 0 aliphatic rings. The van der Waals surface area contributed by atoms with Gasteiger partial charge in [-0.2, -0.15) is 0 Å². The molecule has 0 unspecified atom stereocenters. The largest absolute Gasteiger partial charge is 0.573 e. The summed E-state index contributed by atoms with van der Waals surface area (Å²) in [6.45, 7) is 1.64. The van der Waals surface area contributed by atoms with Crippen LogP contribution in [0.25, 0.3) is 0 Å². The smallest absolute Gasteiger partial charge is 0.466 e. The SMILES string of the molecule is CCOC(=O)Cc1[nH]c(=O)c(I)cc1OC(F)(F)F. The van der Waals surface area contributed by atoms with Crippen LogP contribution in [-0.4, -0.2) is 23.9 Å². The van der Waals surface area contributed by atoms with Gasteiger partial charge in [-0.3, -0.25) is 9.59 Å². The summed E-state index contributed by atoms with van der Waals surface area (Å²) in [5.74, 6) is -1.38. The zero-order valence-corrected chi connectivity index (χ0v) is 11.8. The molecule has 1 heterocycles. The van der Waals surface area contributed by atoms with E-state index in [0.717, 1.165) is 6.07 Å². The number of aromatic nitrogens is 1. The maximum absolute atomic E-state index is 12.2. The summed E-state index contributed by atoms with van der Waals surface area (Å²) >= 11 is 1.56. The van der Waals surface area contributed by atoms with E-state index in [9.17, 15) is 22.8 Å². The first-order valence-electron chi connectivity index (χ1n) is 5.06. The van der Waals surface area contributed by atoms with Gasteiger partial charge in [0.05, 0.1) is 22.3 Å². The van der Waals surface area contributed by atoms with Crippen LogP contribution in [0.3, 0.4) is 0 Å². The van der Waals surface area contributed by atoms with Crippen molar-refractivity contribution < 1.29 is 27.4 Å². The standard InChI is InChI=1S/C10H9F3INO4/c1-2-18-8(16)4-6-7(19-10(11,12)13)3-5(14)9(17)15-6/h3H,2,4H2,1H3,(H,15,17). The van der Waals surface area contributed by atoms with Crippen molar-refractivity contribution in [3.63, 3.8) is 0 Å². The maximum atomic E-state index is 12.2. The van der Waals surface area contributed by atoms with E-state index >= 15 is 0 Å². The van der Waals surface area contributed by atoms with Crippen LogP contribution in [0.2, 0.25) is 0 Å². The second-order valence-corrected chi connectivity index (χ2v) is 4.48. The Bertz CT molecular complexity index is 526. The number of H-pyrrole nitrogens is 1. The van der Waals surface area contributed by atoms with Crippen LogP contribution in [0.15, 0.2) is 10.9 Å². The molecule has 19 heavy (non-hydrogen) atoms. The van der Waals surface area contributed by atoms with E-state index in [0.29, 0.717) is 0 Å². The number of rotatable bonds is 4. The van der Waals surface area contributed by atoms with Crippen LogP contribution in [-0.2, 0) is 16.0 Å². The van der Waals surface area contributed by atoms with Crippen molar-refractivity contribution in [3.05, 3.63) is 25.7 Å². The third kappa shape index (κ3) is 5.09. The van der Waals surface area contributed by atoms with E-state index in [-0.39, 0.29) is 15.9 Å². The third-order valence-corrected chi connectivity index (χ3v) is 2.69. The van der Waals surface area contributed by atoms with Crippen LogP contribution >= 0.6 is 22.6 Å². The number of hydrogen-bond acceptors (Lipinski definition) is 4. The molecule has 1 rings (SSSR count). The van der Waals surface area contributed by atoms with Crippen LogP contribution in [0.4, 0.5) is 13.2 Å². The second kappa shape index (κ2) is 6.26. The summed E-state index contributed by atoms with van der Waals surface area (Å²) in [6, 6.07) is 0.918. The number of pyridine rings is 1. The number of hydrogen-bond donors (Lipinski definition) is 1. The van der Waals surface area contributed by atoms with Crippen molar-refractivity contribution in [1.29, 1.82) is 0 Å².